The predicted molar refractivity (Wildman–Crippen MR) is 115 cm³/mol. The average molecular weight is 420 g/mol. The van der Waals surface area contributed by atoms with Gasteiger partial charge in [-0.3, -0.25) is 9.59 Å². The van der Waals surface area contributed by atoms with Gasteiger partial charge < -0.3 is 25.4 Å². The van der Waals surface area contributed by atoms with Crippen molar-refractivity contribution in [2.75, 3.05) is 37.4 Å². The number of anilines is 2. The summed E-state index contributed by atoms with van der Waals surface area (Å²) >= 11 is 0. The second-order valence-corrected chi connectivity index (χ2v) is 6.54. The highest BCUT2D eigenvalue weighted by Gasteiger charge is 2.16. The molecular weight excluding hydrogens is 394 g/mol. The van der Waals surface area contributed by atoms with E-state index in [1.165, 1.54) is 0 Å². The molecule has 3 N–H and O–H groups in total. The van der Waals surface area contributed by atoms with Gasteiger partial charge in [0.2, 0.25) is 5.91 Å². The molecular formula is C21H26ClN3O4. The van der Waals surface area contributed by atoms with Crippen LogP contribution in [0.3, 0.4) is 0 Å². The van der Waals surface area contributed by atoms with Gasteiger partial charge in [0.05, 0.1) is 31.0 Å². The Morgan fingerprint density at radius 3 is 2.55 bits per heavy atom. The van der Waals surface area contributed by atoms with Gasteiger partial charge in [-0.1, -0.05) is 12.1 Å². The lowest BCUT2D eigenvalue weighted by Crippen LogP contribution is -2.34. The molecule has 0 radical (unpaired) electrons. The molecule has 29 heavy (non-hydrogen) atoms. The van der Waals surface area contributed by atoms with Crippen LogP contribution in [0.1, 0.15) is 23.2 Å². The van der Waals surface area contributed by atoms with Crippen LogP contribution in [-0.4, -0.2) is 44.7 Å². The second-order valence-electron chi connectivity index (χ2n) is 6.54. The maximum Gasteiger partial charge on any atom is 0.257 e. The van der Waals surface area contributed by atoms with Crippen molar-refractivity contribution in [3.8, 4) is 5.75 Å². The maximum atomic E-state index is 12.6. The van der Waals surface area contributed by atoms with Gasteiger partial charge in [0.25, 0.3) is 5.91 Å². The largest absolute Gasteiger partial charge is 0.497 e. The molecule has 0 aliphatic carbocycles. The molecule has 1 unspecified atom stereocenters. The quantitative estimate of drug-likeness (QED) is 0.612. The van der Waals surface area contributed by atoms with Crippen LogP contribution in [0.5, 0.6) is 5.75 Å². The highest BCUT2D eigenvalue weighted by molar-refractivity contribution is 6.10. The number of hydrogen-bond acceptors (Lipinski definition) is 5. The molecule has 0 spiro atoms. The zero-order chi connectivity index (χ0) is 19.8. The second kappa shape index (κ2) is 11.4. The first-order chi connectivity index (χ1) is 13.7. The summed E-state index contributed by atoms with van der Waals surface area (Å²) in [7, 11) is 1.59. The van der Waals surface area contributed by atoms with E-state index in [0.717, 1.165) is 19.4 Å². The van der Waals surface area contributed by atoms with E-state index in [-0.39, 0.29) is 36.9 Å². The number of benzene rings is 2. The first kappa shape index (κ1) is 22.7. The molecule has 1 aliphatic heterocycles. The Labute approximate surface area is 176 Å². The normalized spacial score (nSPS) is 15.3. The monoisotopic (exact) mass is 419 g/mol. The fourth-order valence-corrected chi connectivity index (χ4v) is 3.01. The van der Waals surface area contributed by atoms with Crippen molar-refractivity contribution in [3.05, 3.63) is 54.1 Å². The third kappa shape index (κ3) is 6.74. The van der Waals surface area contributed by atoms with E-state index < -0.39 is 0 Å². The molecule has 8 heteroatoms. The zero-order valence-electron chi connectivity index (χ0n) is 16.3. The maximum absolute atomic E-state index is 12.6. The van der Waals surface area contributed by atoms with Crippen molar-refractivity contribution in [1.29, 1.82) is 0 Å². The van der Waals surface area contributed by atoms with Crippen LogP contribution < -0.4 is 20.7 Å². The van der Waals surface area contributed by atoms with E-state index in [0.29, 0.717) is 29.2 Å². The number of methoxy groups -OCH3 is 1. The number of hydrogen-bond donors (Lipinski definition) is 3. The SMILES string of the molecule is COc1ccc(NC(=O)c2ccccc2NC(=O)CNCC2CCCO2)cc1.Cl. The van der Waals surface area contributed by atoms with E-state index >= 15 is 0 Å². The standard InChI is InChI=1S/C21H25N3O4.ClH/c1-27-16-10-8-15(9-11-16)23-21(26)18-6-2-3-7-19(18)24-20(25)14-22-13-17-5-4-12-28-17;/h2-3,6-11,17,22H,4-5,12-14H2,1H3,(H,23,26)(H,24,25);1H. The summed E-state index contributed by atoms with van der Waals surface area (Å²) in [6.45, 7) is 1.59. The van der Waals surface area contributed by atoms with Crippen molar-refractivity contribution in [2.45, 2.75) is 18.9 Å². The van der Waals surface area contributed by atoms with Crippen LogP contribution in [0.2, 0.25) is 0 Å². The number of para-hydroxylation sites is 1. The van der Waals surface area contributed by atoms with Crippen molar-refractivity contribution >= 4 is 35.6 Å². The van der Waals surface area contributed by atoms with Gasteiger partial charge in [0.15, 0.2) is 0 Å². The number of ether oxygens (including phenoxy) is 2. The number of carbonyl (C=O) groups excluding carboxylic acids is 2. The Kier molecular flexibility index (Phi) is 8.92. The van der Waals surface area contributed by atoms with Crippen molar-refractivity contribution in [1.82, 2.24) is 5.32 Å². The average Bonchev–Trinajstić information content (AvgIpc) is 3.22. The molecule has 0 saturated carbocycles. The van der Waals surface area contributed by atoms with E-state index in [1.807, 2.05) is 0 Å². The highest BCUT2D eigenvalue weighted by Crippen LogP contribution is 2.19. The van der Waals surface area contributed by atoms with Crippen molar-refractivity contribution in [3.63, 3.8) is 0 Å². The summed E-state index contributed by atoms with van der Waals surface area (Å²) in [6.07, 6.45) is 2.26. The highest BCUT2D eigenvalue weighted by atomic mass is 35.5. The fraction of sp³-hybridized carbons (Fsp3) is 0.333. The summed E-state index contributed by atoms with van der Waals surface area (Å²) in [6, 6.07) is 14.0. The van der Waals surface area contributed by atoms with Crippen LogP contribution in [-0.2, 0) is 9.53 Å². The molecule has 156 valence electrons. The topological polar surface area (TPSA) is 88.7 Å². The Morgan fingerprint density at radius 2 is 1.86 bits per heavy atom. The van der Waals surface area contributed by atoms with Crippen LogP contribution in [0.15, 0.2) is 48.5 Å². The van der Waals surface area contributed by atoms with E-state index in [9.17, 15) is 9.59 Å². The first-order valence-electron chi connectivity index (χ1n) is 9.32. The molecule has 1 fully saturated rings. The third-order valence-electron chi connectivity index (χ3n) is 4.48. The third-order valence-corrected chi connectivity index (χ3v) is 4.48. The number of halogens is 1. The fourth-order valence-electron chi connectivity index (χ4n) is 3.01. The summed E-state index contributed by atoms with van der Waals surface area (Å²) in [4.78, 5) is 24.9. The summed E-state index contributed by atoms with van der Waals surface area (Å²) in [5.74, 6) is 0.206. The molecule has 2 aromatic rings. The van der Waals surface area contributed by atoms with Gasteiger partial charge >= 0.3 is 0 Å². The summed E-state index contributed by atoms with van der Waals surface area (Å²) < 4.78 is 10.6. The van der Waals surface area contributed by atoms with Crippen molar-refractivity contribution < 1.29 is 19.1 Å². The van der Waals surface area contributed by atoms with Crippen LogP contribution in [0.25, 0.3) is 0 Å². The van der Waals surface area contributed by atoms with Gasteiger partial charge in [-0.25, -0.2) is 0 Å². The Hall–Kier alpha value is -2.61. The van der Waals surface area contributed by atoms with Crippen LogP contribution >= 0.6 is 12.4 Å². The molecule has 1 saturated heterocycles. The van der Waals surface area contributed by atoms with Crippen LogP contribution in [0, 0.1) is 0 Å². The van der Waals surface area contributed by atoms with Gasteiger partial charge in [-0.15, -0.1) is 12.4 Å². The molecule has 7 nitrogen and oxygen atoms in total. The van der Waals surface area contributed by atoms with E-state index in [2.05, 4.69) is 16.0 Å². The lowest BCUT2D eigenvalue weighted by Gasteiger charge is -2.13. The zero-order valence-corrected chi connectivity index (χ0v) is 17.1. The predicted octanol–water partition coefficient (Wildman–Crippen LogP) is 3.08. The molecule has 1 atom stereocenters. The number of carbonyl (C=O) groups is 2. The lowest BCUT2D eigenvalue weighted by molar-refractivity contribution is -0.115. The molecule has 0 bridgehead atoms. The van der Waals surface area contributed by atoms with Gasteiger partial charge in [-0.05, 0) is 49.2 Å². The van der Waals surface area contributed by atoms with Gasteiger partial charge in [0.1, 0.15) is 5.75 Å². The van der Waals surface area contributed by atoms with Gasteiger partial charge in [0, 0.05) is 18.8 Å². The molecule has 2 amide bonds. The van der Waals surface area contributed by atoms with E-state index in [1.54, 1.807) is 55.6 Å². The minimum atomic E-state index is -0.298. The lowest BCUT2D eigenvalue weighted by atomic mass is 10.1. The Morgan fingerprint density at radius 1 is 1.10 bits per heavy atom. The smallest absolute Gasteiger partial charge is 0.257 e. The first-order valence-corrected chi connectivity index (χ1v) is 9.32. The number of rotatable bonds is 8. The molecule has 1 aliphatic rings. The van der Waals surface area contributed by atoms with Gasteiger partial charge in [-0.2, -0.15) is 0 Å². The van der Waals surface area contributed by atoms with Crippen LogP contribution in [0.4, 0.5) is 11.4 Å². The molecule has 1 heterocycles. The van der Waals surface area contributed by atoms with Crippen molar-refractivity contribution in [2.24, 2.45) is 0 Å². The summed E-state index contributed by atoms with van der Waals surface area (Å²) in [5.41, 5.74) is 1.51. The number of amides is 2. The molecule has 3 rings (SSSR count). The molecule has 0 aromatic heterocycles. The minimum absolute atomic E-state index is 0. The Bertz CT molecular complexity index is 808. The minimum Gasteiger partial charge on any atom is -0.497 e. The number of nitrogens with one attached hydrogen (secondary N) is 3. The summed E-state index contributed by atoms with van der Waals surface area (Å²) in [5, 5.41) is 8.72. The van der Waals surface area contributed by atoms with E-state index in [4.69, 9.17) is 9.47 Å². The molecule has 2 aromatic carbocycles. The Balaban J connectivity index is 0.00000300.